The van der Waals surface area contributed by atoms with Crippen LogP contribution >= 0.6 is 0 Å². The van der Waals surface area contributed by atoms with E-state index in [1.54, 1.807) is 11.9 Å². The van der Waals surface area contributed by atoms with E-state index in [0.717, 1.165) is 18.9 Å². The monoisotopic (exact) mass is 461 g/mol. The first-order valence-corrected chi connectivity index (χ1v) is 11.8. The number of nitrogens with two attached hydrogens (primary N) is 1. The Morgan fingerprint density at radius 2 is 2.09 bits per heavy atom. The van der Waals surface area contributed by atoms with Gasteiger partial charge in [0.05, 0.1) is 15.5 Å². The van der Waals surface area contributed by atoms with Gasteiger partial charge in [0, 0.05) is 32.7 Å². The van der Waals surface area contributed by atoms with Gasteiger partial charge in [-0.25, -0.2) is 8.42 Å². The smallest absolute Gasteiger partial charge is 0.293 e. The number of aromatic amines is 1. The van der Waals surface area contributed by atoms with Gasteiger partial charge in [0.1, 0.15) is 17.3 Å². The quantitative estimate of drug-likeness (QED) is 0.447. The fourth-order valence-corrected chi connectivity index (χ4v) is 5.31. The first kappa shape index (κ1) is 23.5. The first-order valence-electron chi connectivity index (χ1n) is 10.4. The molecule has 11 nitrogen and oxygen atoms in total. The molecule has 172 valence electrons. The number of aryl methyl sites for hydroxylation is 1. The zero-order valence-corrected chi connectivity index (χ0v) is 18.9. The third-order valence-corrected chi connectivity index (χ3v) is 7.73. The average Bonchev–Trinajstić information content (AvgIpc) is 3.12. The predicted octanol–water partition coefficient (Wildman–Crippen LogP) is 2.26. The van der Waals surface area contributed by atoms with Gasteiger partial charge in [0.15, 0.2) is 5.82 Å². The number of nitrogens with zero attached hydrogens (tertiary/aromatic N) is 5. The summed E-state index contributed by atoms with van der Waals surface area (Å²) in [4.78, 5) is 12.8. The van der Waals surface area contributed by atoms with Crippen molar-refractivity contribution in [2.45, 2.75) is 37.5 Å². The molecule has 3 N–H and O–H groups in total. The lowest BCUT2D eigenvalue weighted by molar-refractivity contribution is -0.384. The molecule has 1 aliphatic heterocycles. The van der Waals surface area contributed by atoms with E-state index < -0.39 is 14.9 Å². The van der Waals surface area contributed by atoms with Crippen LogP contribution in [0.5, 0.6) is 0 Å². The molecule has 3 rings (SSSR count). The lowest BCUT2D eigenvalue weighted by atomic mass is 10.0. The van der Waals surface area contributed by atoms with Gasteiger partial charge in [-0.1, -0.05) is 6.92 Å². The van der Waals surface area contributed by atoms with Crippen LogP contribution < -0.4 is 10.6 Å². The molecule has 12 heteroatoms. The van der Waals surface area contributed by atoms with Crippen LogP contribution in [0.2, 0.25) is 0 Å². The number of sulfonamides is 1. The third kappa shape index (κ3) is 4.84. The summed E-state index contributed by atoms with van der Waals surface area (Å²) in [7, 11) is -2.08. The van der Waals surface area contributed by atoms with Crippen molar-refractivity contribution in [3.8, 4) is 6.07 Å². The molecule has 1 saturated heterocycles. The minimum absolute atomic E-state index is 0.0671. The lowest BCUT2D eigenvalue weighted by Gasteiger charge is -2.29. The van der Waals surface area contributed by atoms with Gasteiger partial charge in [-0.15, -0.1) is 0 Å². The number of nitro groups is 1. The van der Waals surface area contributed by atoms with Crippen molar-refractivity contribution in [3.05, 3.63) is 39.6 Å². The number of nitrogen functional groups attached to an aromatic ring is 1. The Balaban J connectivity index is 1.75. The zero-order valence-electron chi connectivity index (χ0n) is 18.1. The number of rotatable bonds is 8. The number of benzene rings is 1. The number of piperidine rings is 1. The normalized spacial score (nSPS) is 15.4. The standard InChI is InChI=1S/C20H27N7O4S/c1-14-7-10-26(11-8-14)32(30,31)15-5-6-18(19(12-15)27(28)29)25(2)9-3-4-17-16(13-21)20(22)24-23-17/h5-6,12,14H,3-4,7-11H2,1-2H3,(H3,22,23,24). The van der Waals surface area contributed by atoms with Gasteiger partial charge >= 0.3 is 0 Å². The van der Waals surface area contributed by atoms with E-state index in [2.05, 4.69) is 17.1 Å². The molecular weight excluding hydrogens is 434 g/mol. The molecule has 0 unspecified atom stereocenters. The summed E-state index contributed by atoms with van der Waals surface area (Å²) in [5.74, 6) is 0.612. The van der Waals surface area contributed by atoms with Gasteiger partial charge in [-0.2, -0.15) is 14.7 Å². The van der Waals surface area contributed by atoms with E-state index in [4.69, 9.17) is 11.0 Å². The Hall–Kier alpha value is -3.17. The fraction of sp³-hybridized carbons (Fsp3) is 0.500. The highest BCUT2D eigenvalue weighted by Crippen LogP contribution is 2.32. The number of H-pyrrole nitrogens is 1. The molecule has 0 amide bonds. The fourth-order valence-electron chi connectivity index (χ4n) is 3.82. The second kappa shape index (κ2) is 9.54. The summed E-state index contributed by atoms with van der Waals surface area (Å²) in [5, 5.41) is 27.4. The van der Waals surface area contributed by atoms with Gasteiger partial charge in [-0.05, 0) is 43.7 Å². The summed E-state index contributed by atoms with van der Waals surface area (Å²) < 4.78 is 27.4. The predicted molar refractivity (Wildman–Crippen MR) is 120 cm³/mol. The van der Waals surface area contributed by atoms with Crippen molar-refractivity contribution in [2.24, 2.45) is 5.92 Å². The van der Waals surface area contributed by atoms with E-state index in [1.807, 2.05) is 6.07 Å². The van der Waals surface area contributed by atoms with Crippen LogP contribution in [0.25, 0.3) is 0 Å². The molecule has 0 saturated carbocycles. The molecule has 2 aromatic rings. The van der Waals surface area contributed by atoms with Gasteiger partial charge in [0.25, 0.3) is 5.69 Å². The highest BCUT2D eigenvalue weighted by molar-refractivity contribution is 7.89. The van der Waals surface area contributed by atoms with Crippen LogP contribution in [-0.2, 0) is 16.4 Å². The third-order valence-electron chi connectivity index (χ3n) is 5.84. The Labute approximate surface area is 187 Å². The van der Waals surface area contributed by atoms with Gasteiger partial charge in [0.2, 0.25) is 10.0 Å². The molecule has 1 aromatic carbocycles. The van der Waals surface area contributed by atoms with E-state index >= 15 is 0 Å². The van der Waals surface area contributed by atoms with E-state index in [1.165, 1.54) is 16.4 Å². The molecular formula is C20H27N7O4S. The van der Waals surface area contributed by atoms with Crippen LogP contribution in [0.4, 0.5) is 17.2 Å². The van der Waals surface area contributed by atoms with E-state index in [0.29, 0.717) is 55.3 Å². The second-order valence-corrected chi connectivity index (χ2v) is 10.0. The molecule has 0 atom stereocenters. The molecule has 1 aromatic heterocycles. The Morgan fingerprint density at radius 1 is 1.41 bits per heavy atom. The SMILES string of the molecule is CC1CCN(S(=O)(=O)c2ccc(N(C)CCCc3[nH]nc(N)c3C#N)c([N+](=O)[O-])c2)CC1. The van der Waals surface area contributed by atoms with Crippen molar-refractivity contribution in [1.82, 2.24) is 14.5 Å². The molecule has 1 aliphatic rings. The topological polar surface area (TPSA) is 162 Å². The Bertz CT molecular complexity index is 1130. The molecule has 0 spiro atoms. The zero-order chi connectivity index (χ0) is 23.5. The number of nitriles is 1. The molecule has 1 fully saturated rings. The van der Waals surface area contributed by atoms with Gasteiger partial charge < -0.3 is 10.6 Å². The Kier molecular flexibility index (Phi) is 7.00. The largest absolute Gasteiger partial charge is 0.381 e. The van der Waals surface area contributed by atoms with Crippen molar-refractivity contribution < 1.29 is 13.3 Å². The minimum Gasteiger partial charge on any atom is -0.381 e. The number of nitrogens with one attached hydrogen (secondary N) is 1. The Morgan fingerprint density at radius 3 is 2.72 bits per heavy atom. The highest BCUT2D eigenvalue weighted by atomic mass is 32.2. The molecule has 0 bridgehead atoms. The highest BCUT2D eigenvalue weighted by Gasteiger charge is 2.30. The van der Waals surface area contributed by atoms with E-state index in [-0.39, 0.29) is 16.4 Å². The lowest BCUT2D eigenvalue weighted by Crippen LogP contribution is -2.37. The van der Waals surface area contributed by atoms with E-state index in [9.17, 15) is 18.5 Å². The number of aromatic nitrogens is 2. The molecule has 0 radical (unpaired) electrons. The summed E-state index contributed by atoms with van der Waals surface area (Å²) in [5.41, 5.74) is 6.62. The van der Waals surface area contributed by atoms with Crippen LogP contribution in [-0.4, -0.2) is 54.5 Å². The second-order valence-electron chi connectivity index (χ2n) is 8.09. The molecule has 2 heterocycles. The summed E-state index contributed by atoms with van der Waals surface area (Å²) in [6, 6.07) is 6.05. The average molecular weight is 462 g/mol. The van der Waals surface area contributed by atoms with Gasteiger partial charge in [-0.3, -0.25) is 15.2 Å². The number of hydrogen-bond acceptors (Lipinski definition) is 8. The van der Waals surface area contributed by atoms with Crippen molar-refractivity contribution >= 4 is 27.2 Å². The van der Waals surface area contributed by atoms with Crippen molar-refractivity contribution in [2.75, 3.05) is 37.3 Å². The maximum atomic E-state index is 13.0. The maximum absolute atomic E-state index is 13.0. The van der Waals surface area contributed by atoms with Crippen molar-refractivity contribution in [1.29, 1.82) is 5.26 Å². The molecule has 0 aliphatic carbocycles. The maximum Gasteiger partial charge on any atom is 0.293 e. The molecule has 32 heavy (non-hydrogen) atoms. The van der Waals surface area contributed by atoms with Crippen LogP contribution in [0.15, 0.2) is 23.1 Å². The van der Waals surface area contributed by atoms with Crippen LogP contribution in [0.3, 0.4) is 0 Å². The number of nitro benzene ring substituents is 1. The summed E-state index contributed by atoms with van der Waals surface area (Å²) in [6.07, 6.45) is 2.62. The first-order chi connectivity index (χ1) is 15.1. The van der Waals surface area contributed by atoms with Crippen LogP contribution in [0.1, 0.15) is 37.4 Å². The number of anilines is 2. The number of hydrogen-bond donors (Lipinski definition) is 2. The summed E-state index contributed by atoms with van der Waals surface area (Å²) in [6.45, 7) is 3.37. The summed E-state index contributed by atoms with van der Waals surface area (Å²) >= 11 is 0. The van der Waals surface area contributed by atoms with Crippen molar-refractivity contribution in [3.63, 3.8) is 0 Å². The minimum atomic E-state index is -3.79. The van der Waals surface area contributed by atoms with Crippen LogP contribution in [0, 0.1) is 27.4 Å².